The Morgan fingerprint density at radius 3 is 2.81 bits per heavy atom. The lowest BCUT2D eigenvalue weighted by molar-refractivity contribution is -0.121. The minimum atomic E-state index is -0.138. The number of anilines is 1. The molecule has 1 aliphatic heterocycles. The number of nitrogens with one attached hydrogen (secondary N) is 1. The number of rotatable bonds is 2. The molecular formula is C15H20IN3O2. The zero-order valence-corrected chi connectivity index (χ0v) is 14.5. The summed E-state index contributed by atoms with van der Waals surface area (Å²) in [5.74, 6) is -0.145. The molecule has 114 valence electrons. The summed E-state index contributed by atoms with van der Waals surface area (Å²) in [5, 5.41) is 2.95. The fraction of sp³-hybridized carbons (Fsp3) is 0.467. The van der Waals surface area contributed by atoms with Crippen LogP contribution in [0.25, 0.3) is 0 Å². The molecule has 2 rings (SSSR count). The fourth-order valence-corrected chi connectivity index (χ4v) is 3.00. The lowest BCUT2D eigenvalue weighted by Gasteiger charge is -2.33. The first-order valence-electron chi connectivity index (χ1n) is 7.00. The van der Waals surface area contributed by atoms with Crippen LogP contribution >= 0.6 is 22.6 Å². The van der Waals surface area contributed by atoms with Gasteiger partial charge in [0.2, 0.25) is 5.91 Å². The third-order valence-electron chi connectivity index (χ3n) is 3.54. The number of carbonyl (C=O) groups is 2. The van der Waals surface area contributed by atoms with Crippen molar-refractivity contribution in [2.45, 2.75) is 12.8 Å². The molecule has 1 N–H and O–H groups in total. The Hall–Kier alpha value is -1.31. The number of likely N-dealkylation sites (tertiary alicyclic amines) is 1. The van der Waals surface area contributed by atoms with Crippen LogP contribution in [0.5, 0.6) is 0 Å². The highest BCUT2D eigenvalue weighted by Crippen LogP contribution is 2.20. The molecule has 1 saturated heterocycles. The molecule has 1 fully saturated rings. The summed E-state index contributed by atoms with van der Waals surface area (Å²) in [6.45, 7) is 1.22. The molecule has 0 saturated carbocycles. The van der Waals surface area contributed by atoms with Crippen molar-refractivity contribution in [3.05, 3.63) is 27.8 Å². The number of urea groups is 1. The first-order valence-corrected chi connectivity index (χ1v) is 8.08. The third kappa shape index (κ3) is 4.33. The highest BCUT2D eigenvalue weighted by Gasteiger charge is 2.29. The largest absolute Gasteiger partial charge is 0.331 e. The summed E-state index contributed by atoms with van der Waals surface area (Å²) < 4.78 is 1.08. The molecule has 6 heteroatoms. The molecule has 1 aliphatic rings. The van der Waals surface area contributed by atoms with E-state index in [-0.39, 0.29) is 17.9 Å². The number of amides is 3. The SMILES string of the molecule is CN(C)C(=O)N1CCC[C@@H](C(=O)Nc2cccc(I)c2)C1. The van der Waals surface area contributed by atoms with Crippen LogP contribution in [0, 0.1) is 9.49 Å². The number of nitrogens with zero attached hydrogens (tertiary/aromatic N) is 2. The maximum absolute atomic E-state index is 12.4. The highest BCUT2D eigenvalue weighted by atomic mass is 127. The van der Waals surface area contributed by atoms with Crippen molar-refractivity contribution < 1.29 is 9.59 Å². The summed E-state index contributed by atoms with van der Waals surface area (Å²) in [6.07, 6.45) is 1.69. The Morgan fingerprint density at radius 1 is 1.38 bits per heavy atom. The van der Waals surface area contributed by atoms with Crippen LogP contribution in [0.4, 0.5) is 10.5 Å². The topological polar surface area (TPSA) is 52.7 Å². The van der Waals surface area contributed by atoms with Crippen LogP contribution in [0.15, 0.2) is 24.3 Å². The molecule has 1 aromatic rings. The lowest BCUT2D eigenvalue weighted by atomic mass is 9.97. The summed E-state index contributed by atoms with van der Waals surface area (Å²) >= 11 is 2.22. The molecule has 0 aliphatic carbocycles. The van der Waals surface area contributed by atoms with Gasteiger partial charge >= 0.3 is 6.03 Å². The molecular weight excluding hydrogens is 381 g/mol. The van der Waals surface area contributed by atoms with Crippen LogP contribution in [0.3, 0.4) is 0 Å². The van der Waals surface area contributed by atoms with E-state index in [0.29, 0.717) is 6.54 Å². The van der Waals surface area contributed by atoms with E-state index in [1.807, 2.05) is 24.3 Å². The van der Waals surface area contributed by atoms with Gasteiger partial charge in [-0.1, -0.05) is 6.07 Å². The van der Waals surface area contributed by atoms with Gasteiger partial charge in [-0.2, -0.15) is 0 Å². The standard InChI is InChI=1S/C15H20IN3O2/c1-18(2)15(21)19-8-4-5-11(10-19)14(20)17-13-7-3-6-12(16)9-13/h3,6-7,9,11H,4-5,8,10H2,1-2H3,(H,17,20)/t11-/m1/s1. The number of carbonyl (C=O) groups excluding carboxylic acids is 2. The molecule has 1 atom stereocenters. The van der Waals surface area contributed by atoms with Gasteiger partial charge in [-0.3, -0.25) is 4.79 Å². The Labute approximate surface area is 138 Å². The van der Waals surface area contributed by atoms with E-state index in [4.69, 9.17) is 0 Å². The van der Waals surface area contributed by atoms with Crippen LogP contribution < -0.4 is 5.32 Å². The molecule has 5 nitrogen and oxygen atoms in total. The highest BCUT2D eigenvalue weighted by molar-refractivity contribution is 14.1. The maximum Gasteiger partial charge on any atom is 0.319 e. The molecule has 3 amide bonds. The van der Waals surface area contributed by atoms with Gasteiger partial charge in [0.25, 0.3) is 0 Å². The Bertz CT molecular complexity index is 533. The van der Waals surface area contributed by atoms with Crippen molar-refractivity contribution in [1.29, 1.82) is 0 Å². The average molecular weight is 401 g/mol. The maximum atomic E-state index is 12.4. The summed E-state index contributed by atoms with van der Waals surface area (Å²) in [7, 11) is 3.47. The number of hydrogen-bond acceptors (Lipinski definition) is 2. The first kappa shape index (κ1) is 16.1. The molecule has 0 spiro atoms. The van der Waals surface area contributed by atoms with Gasteiger partial charge in [-0.15, -0.1) is 0 Å². The summed E-state index contributed by atoms with van der Waals surface area (Å²) in [5.41, 5.74) is 0.808. The van der Waals surface area contributed by atoms with Crippen molar-refractivity contribution in [3.63, 3.8) is 0 Å². The molecule has 0 bridgehead atoms. The Balaban J connectivity index is 1.97. The number of benzene rings is 1. The zero-order chi connectivity index (χ0) is 15.4. The van der Waals surface area contributed by atoms with Crippen molar-refractivity contribution in [2.75, 3.05) is 32.5 Å². The molecule has 1 aromatic carbocycles. The second-order valence-electron chi connectivity index (χ2n) is 5.46. The third-order valence-corrected chi connectivity index (χ3v) is 4.21. The smallest absolute Gasteiger partial charge is 0.319 e. The normalized spacial score (nSPS) is 18.2. The zero-order valence-electron chi connectivity index (χ0n) is 12.3. The average Bonchev–Trinajstić information content (AvgIpc) is 2.46. The molecule has 0 radical (unpaired) electrons. The quantitative estimate of drug-likeness (QED) is 0.775. The van der Waals surface area contributed by atoms with E-state index in [1.54, 1.807) is 23.9 Å². The van der Waals surface area contributed by atoms with Crippen LogP contribution in [0.1, 0.15) is 12.8 Å². The number of halogens is 1. The fourth-order valence-electron chi connectivity index (χ4n) is 2.46. The van der Waals surface area contributed by atoms with Crippen LogP contribution in [0.2, 0.25) is 0 Å². The van der Waals surface area contributed by atoms with E-state index < -0.39 is 0 Å². The van der Waals surface area contributed by atoms with Crippen LogP contribution in [-0.4, -0.2) is 48.9 Å². The molecule has 21 heavy (non-hydrogen) atoms. The van der Waals surface area contributed by atoms with Crippen molar-refractivity contribution in [3.8, 4) is 0 Å². The predicted octanol–water partition coefficient (Wildman–Crippen LogP) is 2.62. The molecule has 0 unspecified atom stereocenters. The van der Waals surface area contributed by atoms with E-state index in [9.17, 15) is 9.59 Å². The second-order valence-corrected chi connectivity index (χ2v) is 6.71. The van der Waals surface area contributed by atoms with E-state index in [2.05, 4.69) is 27.9 Å². The van der Waals surface area contributed by atoms with E-state index >= 15 is 0 Å². The van der Waals surface area contributed by atoms with Gasteiger partial charge < -0.3 is 15.1 Å². The summed E-state index contributed by atoms with van der Waals surface area (Å²) in [6, 6.07) is 7.69. The van der Waals surface area contributed by atoms with Crippen molar-refractivity contribution in [2.24, 2.45) is 5.92 Å². The Kier molecular flexibility index (Phi) is 5.44. The lowest BCUT2D eigenvalue weighted by Crippen LogP contribution is -2.47. The van der Waals surface area contributed by atoms with Gasteiger partial charge in [0.15, 0.2) is 0 Å². The van der Waals surface area contributed by atoms with Gasteiger partial charge in [0.05, 0.1) is 5.92 Å². The first-order chi connectivity index (χ1) is 9.97. The van der Waals surface area contributed by atoms with Crippen LogP contribution in [-0.2, 0) is 4.79 Å². The monoisotopic (exact) mass is 401 g/mol. The Morgan fingerprint density at radius 2 is 2.14 bits per heavy atom. The number of piperidine rings is 1. The molecule has 0 aromatic heterocycles. The minimum Gasteiger partial charge on any atom is -0.331 e. The van der Waals surface area contributed by atoms with E-state index in [0.717, 1.165) is 28.6 Å². The van der Waals surface area contributed by atoms with Crippen molar-refractivity contribution in [1.82, 2.24) is 9.80 Å². The predicted molar refractivity (Wildman–Crippen MR) is 91.2 cm³/mol. The van der Waals surface area contributed by atoms with Gasteiger partial charge in [0, 0.05) is 36.4 Å². The molecule has 1 heterocycles. The van der Waals surface area contributed by atoms with Gasteiger partial charge in [-0.05, 0) is 53.6 Å². The number of hydrogen-bond donors (Lipinski definition) is 1. The van der Waals surface area contributed by atoms with Gasteiger partial charge in [0.1, 0.15) is 0 Å². The minimum absolute atomic E-state index is 0.00624. The van der Waals surface area contributed by atoms with Crippen molar-refractivity contribution >= 4 is 40.2 Å². The van der Waals surface area contributed by atoms with E-state index in [1.165, 1.54) is 0 Å². The second kappa shape index (κ2) is 7.11. The van der Waals surface area contributed by atoms with Gasteiger partial charge in [-0.25, -0.2) is 4.79 Å². The summed E-state index contributed by atoms with van der Waals surface area (Å²) in [4.78, 5) is 27.6.